The van der Waals surface area contributed by atoms with E-state index in [1.165, 1.54) is 0 Å². The molecule has 2 atom stereocenters. The summed E-state index contributed by atoms with van der Waals surface area (Å²) >= 11 is 0. The Labute approximate surface area is 157 Å². The van der Waals surface area contributed by atoms with Crippen LogP contribution in [-0.4, -0.2) is 45.3 Å². The normalized spacial score (nSPS) is 22.9. The summed E-state index contributed by atoms with van der Waals surface area (Å²) in [5.74, 6) is -0.824. The van der Waals surface area contributed by atoms with Crippen molar-refractivity contribution in [2.75, 3.05) is 0 Å². The highest BCUT2D eigenvalue weighted by atomic mass is 16.3. The lowest BCUT2D eigenvalue weighted by atomic mass is 9.72. The van der Waals surface area contributed by atoms with E-state index in [-0.39, 0.29) is 0 Å². The average molecular weight is 369 g/mol. The number of nitrogens with one attached hydrogen (secondary N) is 2. The molecular formula is C20H36N2O4. The molecule has 0 radical (unpaired) electrons. The zero-order valence-corrected chi connectivity index (χ0v) is 16.7. The SMILES string of the molecule is CC(C)CC(NC(=O)C(=O)NC(CC(C)C)C1(O)CCC1)C1(O)CCC1. The maximum absolute atomic E-state index is 12.5. The zero-order valence-electron chi connectivity index (χ0n) is 16.7. The first-order valence-corrected chi connectivity index (χ1v) is 10.1. The number of aliphatic hydroxyl groups is 2. The predicted octanol–water partition coefficient (Wildman–Crippen LogP) is 1.88. The van der Waals surface area contributed by atoms with Crippen LogP contribution < -0.4 is 10.6 Å². The van der Waals surface area contributed by atoms with Gasteiger partial charge in [-0.05, 0) is 63.2 Å². The third-order valence-electron chi connectivity index (χ3n) is 5.97. The van der Waals surface area contributed by atoms with Gasteiger partial charge in [-0.3, -0.25) is 9.59 Å². The van der Waals surface area contributed by atoms with Crippen molar-refractivity contribution in [2.45, 2.75) is 102 Å². The molecule has 0 heterocycles. The van der Waals surface area contributed by atoms with Crippen LogP contribution in [0.3, 0.4) is 0 Å². The number of rotatable bonds is 8. The molecule has 0 spiro atoms. The fourth-order valence-electron chi connectivity index (χ4n) is 3.99. The molecule has 0 bridgehead atoms. The molecule has 2 unspecified atom stereocenters. The molecule has 26 heavy (non-hydrogen) atoms. The van der Waals surface area contributed by atoms with Crippen LogP contribution in [0, 0.1) is 11.8 Å². The van der Waals surface area contributed by atoms with E-state index in [2.05, 4.69) is 10.6 Å². The van der Waals surface area contributed by atoms with E-state index in [9.17, 15) is 19.8 Å². The molecule has 2 amide bonds. The lowest BCUT2D eigenvalue weighted by Gasteiger charge is -2.45. The molecule has 0 aromatic rings. The van der Waals surface area contributed by atoms with Gasteiger partial charge in [-0.1, -0.05) is 27.7 Å². The van der Waals surface area contributed by atoms with Gasteiger partial charge in [0.25, 0.3) is 0 Å². The Balaban J connectivity index is 1.98. The van der Waals surface area contributed by atoms with Gasteiger partial charge in [0.1, 0.15) is 0 Å². The summed E-state index contributed by atoms with van der Waals surface area (Å²) in [6.07, 6.45) is 5.77. The quantitative estimate of drug-likeness (QED) is 0.492. The van der Waals surface area contributed by atoms with Crippen molar-refractivity contribution in [3.8, 4) is 0 Å². The fourth-order valence-corrected chi connectivity index (χ4v) is 3.99. The van der Waals surface area contributed by atoms with Crippen molar-refractivity contribution in [3.63, 3.8) is 0 Å². The summed E-state index contributed by atoms with van der Waals surface area (Å²) in [4.78, 5) is 24.9. The molecule has 4 N–H and O–H groups in total. The van der Waals surface area contributed by atoms with Gasteiger partial charge >= 0.3 is 11.8 Å². The number of amides is 2. The number of carbonyl (C=O) groups excluding carboxylic acids is 2. The predicted molar refractivity (Wildman–Crippen MR) is 100 cm³/mol. The van der Waals surface area contributed by atoms with Crippen molar-refractivity contribution in [3.05, 3.63) is 0 Å². The molecule has 2 saturated carbocycles. The van der Waals surface area contributed by atoms with Crippen LogP contribution >= 0.6 is 0 Å². The molecule has 2 rings (SSSR count). The maximum Gasteiger partial charge on any atom is 0.309 e. The maximum atomic E-state index is 12.5. The molecule has 0 aromatic heterocycles. The van der Waals surface area contributed by atoms with Gasteiger partial charge in [-0.2, -0.15) is 0 Å². The lowest BCUT2D eigenvalue weighted by Crippen LogP contribution is -2.62. The number of hydrogen-bond acceptors (Lipinski definition) is 4. The van der Waals surface area contributed by atoms with Gasteiger partial charge in [-0.15, -0.1) is 0 Å². The molecular weight excluding hydrogens is 332 g/mol. The van der Waals surface area contributed by atoms with Gasteiger partial charge in [0, 0.05) is 0 Å². The Morgan fingerprint density at radius 1 is 0.769 bits per heavy atom. The van der Waals surface area contributed by atoms with E-state index in [1.54, 1.807) is 0 Å². The van der Waals surface area contributed by atoms with Crippen molar-refractivity contribution < 1.29 is 19.8 Å². The van der Waals surface area contributed by atoms with E-state index >= 15 is 0 Å². The first kappa shape index (κ1) is 21.2. The van der Waals surface area contributed by atoms with Crippen LogP contribution in [0.4, 0.5) is 0 Å². The van der Waals surface area contributed by atoms with Gasteiger partial charge in [0.15, 0.2) is 0 Å². The Morgan fingerprint density at radius 2 is 1.08 bits per heavy atom. The van der Waals surface area contributed by atoms with Gasteiger partial charge in [0.05, 0.1) is 23.3 Å². The minimum absolute atomic E-state index is 0.303. The third-order valence-corrected chi connectivity index (χ3v) is 5.97. The lowest BCUT2D eigenvalue weighted by molar-refractivity contribution is -0.145. The Kier molecular flexibility index (Phi) is 6.72. The number of carbonyl (C=O) groups is 2. The molecule has 6 nitrogen and oxygen atoms in total. The topological polar surface area (TPSA) is 98.7 Å². The molecule has 0 saturated heterocycles. The fraction of sp³-hybridized carbons (Fsp3) is 0.900. The second-order valence-electron chi connectivity index (χ2n) is 9.23. The molecule has 150 valence electrons. The highest BCUT2D eigenvalue weighted by Crippen LogP contribution is 2.38. The molecule has 2 aliphatic rings. The highest BCUT2D eigenvalue weighted by molar-refractivity contribution is 6.35. The van der Waals surface area contributed by atoms with Crippen molar-refractivity contribution >= 4 is 11.8 Å². The molecule has 2 aliphatic carbocycles. The third kappa shape index (κ3) is 4.97. The van der Waals surface area contributed by atoms with Gasteiger partial charge in [-0.25, -0.2) is 0 Å². The summed E-state index contributed by atoms with van der Waals surface area (Å²) in [5, 5.41) is 26.8. The smallest absolute Gasteiger partial charge is 0.309 e. The Morgan fingerprint density at radius 3 is 1.27 bits per heavy atom. The molecule has 0 aromatic carbocycles. The second kappa shape index (κ2) is 8.26. The zero-order chi connectivity index (χ0) is 19.5. The van der Waals surface area contributed by atoms with Crippen molar-refractivity contribution in [1.82, 2.24) is 10.6 Å². The molecule has 0 aliphatic heterocycles. The summed E-state index contributed by atoms with van der Waals surface area (Å²) < 4.78 is 0. The van der Waals surface area contributed by atoms with Crippen molar-refractivity contribution in [1.29, 1.82) is 0 Å². The summed E-state index contributed by atoms with van der Waals surface area (Å²) in [5.41, 5.74) is -1.80. The molecule has 6 heteroatoms. The van der Waals surface area contributed by atoms with E-state index < -0.39 is 35.1 Å². The van der Waals surface area contributed by atoms with Crippen LogP contribution in [0.2, 0.25) is 0 Å². The van der Waals surface area contributed by atoms with Gasteiger partial charge in [0.2, 0.25) is 0 Å². The van der Waals surface area contributed by atoms with Crippen LogP contribution in [0.25, 0.3) is 0 Å². The minimum atomic E-state index is -0.899. The first-order valence-electron chi connectivity index (χ1n) is 10.1. The second-order valence-corrected chi connectivity index (χ2v) is 9.23. The van der Waals surface area contributed by atoms with Crippen LogP contribution in [-0.2, 0) is 9.59 Å². The summed E-state index contributed by atoms with van der Waals surface area (Å²) in [7, 11) is 0. The van der Waals surface area contributed by atoms with Crippen molar-refractivity contribution in [2.24, 2.45) is 11.8 Å². The first-order chi connectivity index (χ1) is 12.1. The van der Waals surface area contributed by atoms with E-state index in [4.69, 9.17) is 0 Å². The monoisotopic (exact) mass is 368 g/mol. The Bertz CT molecular complexity index is 464. The van der Waals surface area contributed by atoms with Gasteiger partial charge < -0.3 is 20.8 Å². The van der Waals surface area contributed by atoms with E-state index in [0.717, 1.165) is 12.8 Å². The molecule has 2 fully saturated rings. The van der Waals surface area contributed by atoms with Crippen LogP contribution in [0.5, 0.6) is 0 Å². The minimum Gasteiger partial charge on any atom is -0.388 e. The summed E-state index contributed by atoms with van der Waals surface area (Å²) in [6, 6.07) is -0.824. The van der Waals surface area contributed by atoms with Crippen LogP contribution in [0.1, 0.15) is 79.1 Å². The summed E-state index contributed by atoms with van der Waals surface area (Å²) in [6.45, 7) is 8.14. The largest absolute Gasteiger partial charge is 0.388 e. The average Bonchev–Trinajstić information content (AvgIpc) is 2.47. The van der Waals surface area contributed by atoms with E-state index in [0.29, 0.717) is 50.4 Å². The standard InChI is InChI=1S/C20H36N2O4/c1-13(2)11-15(19(25)7-5-8-19)21-17(23)18(24)22-16(12-14(3)4)20(26)9-6-10-20/h13-16,25-26H,5-12H2,1-4H3,(H,21,23)(H,22,24). The van der Waals surface area contributed by atoms with E-state index in [1.807, 2.05) is 27.7 Å². The Hall–Kier alpha value is -1.14. The number of hydrogen-bond donors (Lipinski definition) is 4. The van der Waals surface area contributed by atoms with Crippen LogP contribution in [0.15, 0.2) is 0 Å². The highest BCUT2D eigenvalue weighted by Gasteiger charge is 2.45.